The third kappa shape index (κ3) is 5.51. The Morgan fingerprint density at radius 2 is 1.90 bits per heavy atom. The summed E-state index contributed by atoms with van der Waals surface area (Å²) < 4.78 is 40.5. The van der Waals surface area contributed by atoms with Crippen molar-refractivity contribution in [1.29, 1.82) is 0 Å². The Morgan fingerprint density at radius 1 is 1.20 bits per heavy atom. The number of alkyl halides is 3. The Kier molecular flexibility index (Phi) is 6.49. The van der Waals surface area contributed by atoms with Crippen LogP contribution in [0, 0.1) is 0 Å². The molecule has 0 fully saturated rings. The van der Waals surface area contributed by atoms with Crippen LogP contribution in [0.4, 0.5) is 13.2 Å². The molecule has 1 rings (SSSR count). The van der Waals surface area contributed by atoms with E-state index in [1.807, 2.05) is 19.1 Å². The summed E-state index contributed by atoms with van der Waals surface area (Å²) in [7, 11) is 0. The molecule has 114 valence electrons. The number of hydrogen-bond acceptors (Lipinski definition) is 2. The predicted octanol–water partition coefficient (Wildman–Crippen LogP) is 3.78. The van der Waals surface area contributed by atoms with Gasteiger partial charge in [-0.05, 0) is 36.0 Å². The SMILES string of the molecule is CCc1ccc(CC)c(C(N)CCOCC(F)(F)F)c1. The number of rotatable bonds is 7. The van der Waals surface area contributed by atoms with E-state index in [9.17, 15) is 13.2 Å². The van der Waals surface area contributed by atoms with E-state index in [2.05, 4.69) is 17.7 Å². The molecule has 5 heteroatoms. The second-order valence-electron chi connectivity index (χ2n) is 4.80. The first-order valence-corrected chi connectivity index (χ1v) is 6.89. The fourth-order valence-electron chi connectivity index (χ4n) is 2.09. The average molecular weight is 289 g/mol. The van der Waals surface area contributed by atoms with Gasteiger partial charge in [-0.25, -0.2) is 0 Å². The van der Waals surface area contributed by atoms with Crippen LogP contribution in [0.5, 0.6) is 0 Å². The standard InChI is InChI=1S/C15H22F3NO/c1-3-11-5-6-12(4-2)13(9-11)14(19)7-8-20-10-15(16,17)18/h5-6,9,14H,3-4,7-8,10,19H2,1-2H3. The average Bonchev–Trinajstić information content (AvgIpc) is 2.41. The summed E-state index contributed by atoms with van der Waals surface area (Å²) in [6.45, 7) is 2.90. The summed E-state index contributed by atoms with van der Waals surface area (Å²) in [6.07, 6.45) is -2.12. The quantitative estimate of drug-likeness (QED) is 0.775. The molecule has 0 heterocycles. The van der Waals surface area contributed by atoms with Crippen LogP contribution in [0.2, 0.25) is 0 Å². The summed E-state index contributed by atoms with van der Waals surface area (Å²) in [5.41, 5.74) is 9.43. The summed E-state index contributed by atoms with van der Waals surface area (Å²) >= 11 is 0. The normalized spacial score (nSPS) is 13.5. The van der Waals surface area contributed by atoms with Crippen LogP contribution in [0.3, 0.4) is 0 Å². The molecule has 0 amide bonds. The van der Waals surface area contributed by atoms with Crippen molar-refractivity contribution in [3.05, 3.63) is 34.9 Å². The molecule has 1 unspecified atom stereocenters. The molecule has 1 aromatic carbocycles. The van der Waals surface area contributed by atoms with Gasteiger partial charge in [0.05, 0.1) is 0 Å². The van der Waals surface area contributed by atoms with Gasteiger partial charge in [-0.15, -0.1) is 0 Å². The van der Waals surface area contributed by atoms with Crippen LogP contribution < -0.4 is 5.73 Å². The van der Waals surface area contributed by atoms with E-state index in [0.717, 1.165) is 24.0 Å². The molecular weight excluding hydrogens is 267 g/mol. The minimum Gasteiger partial charge on any atom is -0.372 e. The third-order valence-corrected chi connectivity index (χ3v) is 3.24. The van der Waals surface area contributed by atoms with Crippen molar-refractivity contribution >= 4 is 0 Å². The first-order chi connectivity index (χ1) is 9.37. The number of halogens is 3. The largest absolute Gasteiger partial charge is 0.411 e. The zero-order chi connectivity index (χ0) is 15.2. The van der Waals surface area contributed by atoms with E-state index >= 15 is 0 Å². The summed E-state index contributed by atoms with van der Waals surface area (Å²) in [5.74, 6) is 0. The number of hydrogen-bond donors (Lipinski definition) is 1. The molecule has 2 N–H and O–H groups in total. The van der Waals surface area contributed by atoms with Crippen molar-refractivity contribution in [3.8, 4) is 0 Å². The Bertz CT molecular complexity index is 418. The monoisotopic (exact) mass is 289 g/mol. The molecule has 0 aromatic heterocycles. The van der Waals surface area contributed by atoms with Gasteiger partial charge in [-0.3, -0.25) is 0 Å². The lowest BCUT2D eigenvalue weighted by Crippen LogP contribution is -2.20. The highest BCUT2D eigenvalue weighted by Crippen LogP contribution is 2.22. The topological polar surface area (TPSA) is 35.2 Å². The van der Waals surface area contributed by atoms with Gasteiger partial charge in [0.15, 0.2) is 0 Å². The minimum absolute atomic E-state index is 0.0141. The van der Waals surface area contributed by atoms with Crippen molar-refractivity contribution in [1.82, 2.24) is 0 Å². The number of ether oxygens (including phenoxy) is 1. The zero-order valence-electron chi connectivity index (χ0n) is 12.0. The third-order valence-electron chi connectivity index (χ3n) is 3.24. The highest BCUT2D eigenvalue weighted by molar-refractivity contribution is 5.34. The molecule has 0 aliphatic heterocycles. The van der Waals surface area contributed by atoms with E-state index in [1.165, 1.54) is 5.56 Å². The molecule has 0 aliphatic carbocycles. The number of aryl methyl sites for hydroxylation is 2. The zero-order valence-corrected chi connectivity index (χ0v) is 12.0. The van der Waals surface area contributed by atoms with Gasteiger partial charge in [0, 0.05) is 12.6 Å². The summed E-state index contributed by atoms with van der Waals surface area (Å²) in [5, 5.41) is 0. The predicted molar refractivity (Wildman–Crippen MR) is 73.6 cm³/mol. The van der Waals surface area contributed by atoms with Crippen LogP contribution in [0.15, 0.2) is 18.2 Å². The Labute approximate surface area is 118 Å². The smallest absolute Gasteiger partial charge is 0.372 e. The lowest BCUT2D eigenvalue weighted by atomic mass is 9.94. The van der Waals surface area contributed by atoms with E-state index in [1.54, 1.807) is 0 Å². The second-order valence-corrected chi connectivity index (χ2v) is 4.80. The maximum atomic E-state index is 12.0. The van der Waals surface area contributed by atoms with E-state index < -0.39 is 12.8 Å². The molecule has 0 aliphatic rings. The summed E-state index contributed by atoms with van der Waals surface area (Å²) in [6, 6.07) is 5.87. The molecule has 1 atom stereocenters. The van der Waals surface area contributed by atoms with Gasteiger partial charge in [0.25, 0.3) is 0 Å². The molecule has 0 radical (unpaired) electrons. The first kappa shape index (κ1) is 17.0. The molecule has 0 saturated heterocycles. The van der Waals surface area contributed by atoms with Gasteiger partial charge in [0.2, 0.25) is 0 Å². The van der Waals surface area contributed by atoms with E-state index in [4.69, 9.17) is 5.73 Å². The lowest BCUT2D eigenvalue weighted by Gasteiger charge is -2.17. The molecule has 0 saturated carbocycles. The fourth-order valence-corrected chi connectivity index (χ4v) is 2.09. The lowest BCUT2D eigenvalue weighted by molar-refractivity contribution is -0.174. The molecular formula is C15H22F3NO. The fraction of sp³-hybridized carbons (Fsp3) is 0.600. The number of benzene rings is 1. The van der Waals surface area contributed by atoms with Gasteiger partial charge in [-0.1, -0.05) is 32.0 Å². The van der Waals surface area contributed by atoms with Crippen molar-refractivity contribution < 1.29 is 17.9 Å². The van der Waals surface area contributed by atoms with E-state index in [0.29, 0.717) is 6.42 Å². The first-order valence-electron chi connectivity index (χ1n) is 6.89. The maximum Gasteiger partial charge on any atom is 0.411 e. The molecule has 2 nitrogen and oxygen atoms in total. The number of nitrogens with two attached hydrogens (primary N) is 1. The molecule has 0 spiro atoms. The van der Waals surface area contributed by atoms with Crippen LogP contribution in [0.25, 0.3) is 0 Å². The van der Waals surface area contributed by atoms with Gasteiger partial charge < -0.3 is 10.5 Å². The van der Waals surface area contributed by atoms with Crippen LogP contribution in [0.1, 0.15) is 43.0 Å². The van der Waals surface area contributed by atoms with Crippen LogP contribution in [-0.2, 0) is 17.6 Å². The maximum absolute atomic E-state index is 12.0. The van der Waals surface area contributed by atoms with Crippen molar-refractivity contribution in [2.45, 2.75) is 45.3 Å². The Balaban J connectivity index is 2.60. The summed E-state index contributed by atoms with van der Waals surface area (Å²) in [4.78, 5) is 0. The van der Waals surface area contributed by atoms with Crippen molar-refractivity contribution in [2.24, 2.45) is 5.73 Å². The Morgan fingerprint density at radius 3 is 2.45 bits per heavy atom. The van der Waals surface area contributed by atoms with Crippen molar-refractivity contribution in [3.63, 3.8) is 0 Å². The van der Waals surface area contributed by atoms with Gasteiger partial charge >= 0.3 is 6.18 Å². The highest BCUT2D eigenvalue weighted by atomic mass is 19.4. The van der Waals surface area contributed by atoms with Crippen LogP contribution >= 0.6 is 0 Å². The molecule has 0 bridgehead atoms. The molecule has 20 heavy (non-hydrogen) atoms. The van der Waals surface area contributed by atoms with Crippen molar-refractivity contribution in [2.75, 3.05) is 13.2 Å². The van der Waals surface area contributed by atoms with E-state index in [-0.39, 0.29) is 12.6 Å². The second kappa shape index (κ2) is 7.64. The van der Waals surface area contributed by atoms with Gasteiger partial charge in [-0.2, -0.15) is 13.2 Å². The minimum atomic E-state index is -4.28. The molecule has 1 aromatic rings. The van der Waals surface area contributed by atoms with Crippen LogP contribution in [-0.4, -0.2) is 19.4 Å². The van der Waals surface area contributed by atoms with Gasteiger partial charge in [0.1, 0.15) is 6.61 Å². The highest BCUT2D eigenvalue weighted by Gasteiger charge is 2.27. The Hall–Kier alpha value is -1.07.